The second-order valence-electron chi connectivity index (χ2n) is 3.00. The van der Waals surface area contributed by atoms with Crippen molar-refractivity contribution in [1.82, 2.24) is 24.7 Å². The lowest BCUT2D eigenvalue weighted by atomic mass is 10.4. The van der Waals surface area contributed by atoms with Crippen LogP contribution < -0.4 is 5.69 Å². The van der Waals surface area contributed by atoms with Gasteiger partial charge in [-0.3, -0.25) is 4.57 Å². The minimum atomic E-state index is -0.283. The molecule has 0 amide bonds. The molecule has 0 fully saturated rings. The second kappa shape index (κ2) is 4.45. The van der Waals surface area contributed by atoms with Gasteiger partial charge in [0.2, 0.25) is 0 Å². The highest BCUT2D eigenvalue weighted by molar-refractivity contribution is 7.99. The van der Waals surface area contributed by atoms with Crippen molar-refractivity contribution in [2.24, 2.45) is 7.05 Å². The number of aromatic amines is 1. The number of aromatic nitrogens is 5. The summed E-state index contributed by atoms with van der Waals surface area (Å²) < 4.78 is 1.37. The Balaban J connectivity index is 2.20. The summed E-state index contributed by atoms with van der Waals surface area (Å²) in [5.41, 5.74) is 0.356. The van der Waals surface area contributed by atoms with Crippen LogP contribution in [0.2, 0.25) is 0 Å². The fraction of sp³-hybridized carbons (Fsp3) is 0.250. The van der Waals surface area contributed by atoms with Crippen molar-refractivity contribution in [1.29, 1.82) is 0 Å². The Kier molecular flexibility index (Phi) is 3.02. The molecule has 2 aromatic heterocycles. The first-order valence-electron chi connectivity index (χ1n) is 4.41. The summed E-state index contributed by atoms with van der Waals surface area (Å²) >= 11 is 1.17. The maximum Gasteiger partial charge on any atom is 0.343 e. The summed E-state index contributed by atoms with van der Waals surface area (Å²) in [6.45, 7) is -0.0914. The lowest BCUT2D eigenvalue weighted by Gasteiger charge is -1.99. The molecular formula is C8H9N5O2S. The van der Waals surface area contributed by atoms with Crippen LogP contribution in [0.25, 0.3) is 0 Å². The van der Waals surface area contributed by atoms with Gasteiger partial charge in [-0.2, -0.15) is 0 Å². The van der Waals surface area contributed by atoms with Gasteiger partial charge in [0.15, 0.2) is 10.3 Å². The van der Waals surface area contributed by atoms with Crippen LogP contribution in [0.1, 0.15) is 5.56 Å². The minimum Gasteiger partial charge on any atom is -0.392 e. The average Bonchev–Trinajstić information content (AvgIpc) is 2.62. The number of hydrogen-bond donors (Lipinski definition) is 2. The van der Waals surface area contributed by atoms with Crippen LogP contribution in [0.15, 0.2) is 27.5 Å². The number of nitrogens with one attached hydrogen (secondary N) is 1. The molecule has 0 bridgehead atoms. The number of aliphatic hydroxyl groups excluding tert-OH is 1. The van der Waals surface area contributed by atoms with Crippen molar-refractivity contribution in [3.63, 3.8) is 0 Å². The molecule has 0 aliphatic heterocycles. The zero-order chi connectivity index (χ0) is 11.5. The average molecular weight is 239 g/mol. The highest BCUT2D eigenvalue weighted by Gasteiger charge is 2.07. The van der Waals surface area contributed by atoms with E-state index in [-0.39, 0.29) is 12.3 Å². The minimum absolute atomic E-state index is 0.0914. The van der Waals surface area contributed by atoms with Gasteiger partial charge in [0.1, 0.15) is 0 Å². The Morgan fingerprint density at radius 2 is 2.19 bits per heavy atom. The number of hydrogen-bond acceptors (Lipinski definition) is 6. The van der Waals surface area contributed by atoms with Gasteiger partial charge >= 0.3 is 5.69 Å². The van der Waals surface area contributed by atoms with Crippen LogP contribution in [-0.4, -0.2) is 29.8 Å². The van der Waals surface area contributed by atoms with E-state index >= 15 is 0 Å². The summed E-state index contributed by atoms with van der Waals surface area (Å²) in [5, 5.41) is 15.9. The van der Waals surface area contributed by atoms with Crippen molar-refractivity contribution in [3.05, 3.63) is 28.4 Å². The van der Waals surface area contributed by atoms with E-state index in [0.717, 1.165) is 0 Å². The molecule has 0 saturated heterocycles. The molecule has 0 aromatic carbocycles. The normalized spacial score (nSPS) is 10.6. The number of nitrogens with zero attached hydrogens (tertiary/aromatic N) is 4. The van der Waals surface area contributed by atoms with Gasteiger partial charge < -0.3 is 5.11 Å². The van der Waals surface area contributed by atoms with E-state index in [1.54, 1.807) is 7.05 Å². The van der Waals surface area contributed by atoms with E-state index in [2.05, 4.69) is 20.2 Å². The molecule has 0 atom stereocenters. The molecule has 0 saturated carbocycles. The third-order valence-electron chi connectivity index (χ3n) is 1.89. The van der Waals surface area contributed by atoms with Gasteiger partial charge in [-0.25, -0.2) is 19.9 Å². The molecule has 0 radical (unpaired) electrons. The Morgan fingerprint density at radius 1 is 1.50 bits per heavy atom. The fourth-order valence-electron chi connectivity index (χ4n) is 0.983. The summed E-state index contributed by atoms with van der Waals surface area (Å²) in [5.74, 6) is 0. The number of H-pyrrole nitrogens is 1. The van der Waals surface area contributed by atoms with Crippen LogP contribution in [0.5, 0.6) is 0 Å². The monoisotopic (exact) mass is 239 g/mol. The fourth-order valence-corrected chi connectivity index (χ4v) is 1.67. The van der Waals surface area contributed by atoms with Gasteiger partial charge in [0.25, 0.3) is 0 Å². The lowest BCUT2D eigenvalue weighted by molar-refractivity contribution is 0.280. The highest BCUT2D eigenvalue weighted by atomic mass is 32.2. The molecule has 2 rings (SSSR count). The summed E-state index contributed by atoms with van der Waals surface area (Å²) in [4.78, 5) is 19.1. The van der Waals surface area contributed by atoms with Gasteiger partial charge in [-0.1, -0.05) is 0 Å². The van der Waals surface area contributed by atoms with E-state index in [4.69, 9.17) is 5.11 Å². The van der Waals surface area contributed by atoms with Crippen molar-refractivity contribution in [2.45, 2.75) is 16.9 Å². The molecule has 2 N–H and O–H groups in total. The SMILES string of the molecule is Cn1c(Sc2ncc(CO)cn2)n[nH]c1=O. The van der Waals surface area contributed by atoms with Crippen LogP contribution >= 0.6 is 11.8 Å². The van der Waals surface area contributed by atoms with Crippen LogP contribution in [0.3, 0.4) is 0 Å². The van der Waals surface area contributed by atoms with Crippen LogP contribution in [0.4, 0.5) is 0 Å². The first kappa shape index (κ1) is 10.8. The van der Waals surface area contributed by atoms with Gasteiger partial charge in [-0.05, 0) is 11.8 Å². The third kappa shape index (κ3) is 2.12. The Bertz CT molecular complexity index is 532. The van der Waals surface area contributed by atoms with E-state index in [9.17, 15) is 4.79 Å². The van der Waals surface area contributed by atoms with Crippen molar-refractivity contribution in [3.8, 4) is 0 Å². The van der Waals surface area contributed by atoms with Gasteiger partial charge in [0, 0.05) is 25.0 Å². The van der Waals surface area contributed by atoms with Crippen molar-refractivity contribution < 1.29 is 5.11 Å². The largest absolute Gasteiger partial charge is 0.392 e. The molecule has 0 unspecified atom stereocenters. The first-order chi connectivity index (χ1) is 7.70. The molecular weight excluding hydrogens is 230 g/mol. The zero-order valence-electron chi connectivity index (χ0n) is 8.41. The lowest BCUT2D eigenvalue weighted by Crippen LogP contribution is -2.12. The number of rotatable bonds is 3. The van der Waals surface area contributed by atoms with Crippen molar-refractivity contribution in [2.75, 3.05) is 0 Å². The molecule has 0 spiro atoms. The molecule has 7 nitrogen and oxygen atoms in total. The molecule has 0 aliphatic carbocycles. The highest BCUT2D eigenvalue weighted by Crippen LogP contribution is 2.19. The standard InChI is InChI=1S/C8H9N5O2S/c1-13-7(15)11-12-8(13)16-6-9-2-5(4-14)3-10-6/h2-3,14H,4H2,1H3,(H,11,15). The molecule has 16 heavy (non-hydrogen) atoms. The first-order valence-corrected chi connectivity index (χ1v) is 5.23. The smallest absolute Gasteiger partial charge is 0.343 e. The number of aliphatic hydroxyl groups is 1. The van der Waals surface area contributed by atoms with E-state index in [1.807, 2.05) is 0 Å². The Labute approximate surface area is 94.6 Å². The summed E-state index contributed by atoms with van der Waals surface area (Å²) in [7, 11) is 1.61. The van der Waals surface area contributed by atoms with E-state index in [1.165, 1.54) is 28.7 Å². The Hall–Kier alpha value is -1.67. The molecule has 2 heterocycles. The van der Waals surface area contributed by atoms with Crippen LogP contribution in [0, 0.1) is 0 Å². The molecule has 8 heteroatoms. The predicted molar refractivity (Wildman–Crippen MR) is 55.9 cm³/mol. The summed E-state index contributed by atoms with van der Waals surface area (Å²) in [6.07, 6.45) is 3.06. The molecule has 0 aliphatic rings. The predicted octanol–water partition coefficient (Wildman–Crippen LogP) is -0.458. The third-order valence-corrected chi connectivity index (χ3v) is 2.83. The van der Waals surface area contributed by atoms with Crippen LogP contribution in [-0.2, 0) is 13.7 Å². The van der Waals surface area contributed by atoms with Crippen molar-refractivity contribution >= 4 is 11.8 Å². The van der Waals surface area contributed by atoms with Gasteiger partial charge in [-0.15, -0.1) is 5.10 Å². The second-order valence-corrected chi connectivity index (χ2v) is 3.94. The summed E-state index contributed by atoms with van der Waals surface area (Å²) in [6, 6.07) is 0. The quantitative estimate of drug-likeness (QED) is 0.704. The van der Waals surface area contributed by atoms with Gasteiger partial charge in [0.05, 0.1) is 6.61 Å². The van der Waals surface area contributed by atoms with E-state index in [0.29, 0.717) is 15.9 Å². The Morgan fingerprint density at radius 3 is 2.69 bits per heavy atom. The zero-order valence-corrected chi connectivity index (χ0v) is 9.23. The topological polar surface area (TPSA) is 96.7 Å². The van der Waals surface area contributed by atoms with E-state index < -0.39 is 0 Å². The maximum atomic E-state index is 11.1. The molecule has 2 aromatic rings. The molecule has 84 valence electrons. The maximum absolute atomic E-state index is 11.1.